The van der Waals surface area contributed by atoms with Gasteiger partial charge < -0.3 is 9.26 Å². The number of benzene rings is 2. The quantitative estimate of drug-likeness (QED) is 0.517. The Balaban J connectivity index is 1.55. The van der Waals surface area contributed by atoms with E-state index in [1.165, 1.54) is 18.2 Å². The minimum absolute atomic E-state index is 0.0727. The lowest BCUT2D eigenvalue weighted by atomic mass is 10.2. The van der Waals surface area contributed by atoms with Crippen LogP contribution in [0.15, 0.2) is 51.9 Å². The molecule has 29 heavy (non-hydrogen) atoms. The lowest BCUT2D eigenvalue weighted by Gasteiger charge is -2.07. The molecule has 0 bridgehead atoms. The molecule has 0 fully saturated rings. The van der Waals surface area contributed by atoms with Crippen LogP contribution < -0.4 is 4.72 Å². The maximum Gasteiger partial charge on any atom is 0.321 e. The fourth-order valence-electron chi connectivity index (χ4n) is 2.13. The summed E-state index contributed by atoms with van der Waals surface area (Å²) in [5, 5.41) is 4.40. The maximum atomic E-state index is 12.2. The van der Waals surface area contributed by atoms with E-state index in [9.17, 15) is 13.2 Å². The van der Waals surface area contributed by atoms with E-state index in [0.717, 1.165) is 0 Å². The van der Waals surface area contributed by atoms with Gasteiger partial charge in [-0.2, -0.15) is 9.71 Å². The number of nitrogens with zero attached hydrogens (tertiary/aromatic N) is 2. The Morgan fingerprint density at radius 1 is 1.07 bits per heavy atom. The average Bonchev–Trinajstić information content (AvgIpc) is 3.16. The van der Waals surface area contributed by atoms with Gasteiger partial charge >= 0.3 is 5.97 Å². The molecule has 3 aromatic rings. The van der Waals surface area contributed by atoms with Crippen molar-refractivity contribution in [1.29, 1.82) is 0 Å². The third kappa shape index (κ3) is 5.46. The van der Waals surface area contributed by atoms with Crippen molar-refractivity contribution in [2.24, 2.45) is 0 Å². The molecule has 1 heterocycles. The number of esters is 1. The van der Waals surface area contributed by atoms with Gasteiger partial charge in [0.05, 0.1) is 25.5 Å². The first-order chi connectivity index (χ1) is 13.8. The van der Waals surface area contributed by atoms with Gasteiger partial charge in [0.25, 0.3) is 5.89 Å². The van der Waals surface area contributed by atoms with Gasteiger partial charge in [0, 0.05) is 0 Å². The van der Waals surface area contributed by atoms with Gasteiger partial charge in [-0.1, -0.05) is 52.1 Å². The summed E-state index contributed by atoms with van der Waals surface area (Å²) in [5.41, 5.74) is 0.536. The Labute approximate surface area is 180 Å². The molecule has 0 saturated heterocycles. The van der Waals surface area contributed by atoms with Crippen LogP contribution in [0.25, 0.3) is 11.5 Å². The Morgan fingerprint density at radius 3 is 2.55 bits per heavy atom. The third-order valence-electron chi connectivity index (χ3n) is 3.54. The number of nitrogens with one attached hydrogen (secondary N) is 1. The molecule has 0 aliphatic carbocycles. The summed E-state index contributed by atoms with van der Waals surface area (Å²) in [6.45, 7) is -0.904. The van der Waals surface area contributed by atoms with E-state index >= 15 is 0 Å². The molecule has 0 saturated carbocycles. The molecule has 0 aliphatic rings. The van der Waals surface area contributed by atoms with Crippen molar-refractivity contribution in [1.82, 2.24) is 14.9 Å². The first-order valence-corrected chi connectivity index (χ1v) is 10.6. The number of carbonyl (C=O) groups is 1. The number of rotatable bonds is 7. The number of aromatic nitrogens is 2. The topological polar surface area (TPSA) is 111 Å². The predicted molar refractivity (Wildman–Crippen MR) is 106 cm³/mol. The highest BCUT2D eigenvalue weighted by molar-refractivity contribution is 7.89. The van der Waals surface area contributed by atoms with Crippen molar-refractivity contribution in [3.8, 4) is 11.5 Å². The molecular weight excluding hydrogens is 465 g/mol. The minimum Gasteiger partial charge on any atom is -0.456 e. The van der Waals surface area contributed by atoms with E-state index in [4.69, 9.17) is 44.1 Å². The molecule has 0 aliphatic heterocycles. The smallest absolute Gasteiger partial charge is 0.321 e. The Kier molecular flexibility index (Phi) is 6.76. The molecule has 0 unspecified atom stereocenters. The first kappa shape index (κ1) is 21.5. The van der Waals surface area contributed by atoms with Crippen LogP contribution in [-0.4, -0.2) is 31.1 Å². The number of hydrogen-bond acceptors (Lipinski definition) is 7. The predicted octanol–water partition coefficient (Wildman–Crippen LogP) is 3.72. The molecule has 0 amide bonds. The van der Waals surface area contributed by atoms with Crippen molar-refractivity contribution in [3.05, 3.63) is 63.4 Å². The molecule has 0 spiro atoms. The number of sulfonamides is 1. The lowest BCUT2D eigenvalue weighted by Crippen LogP contribution is -2.30. The standard InChI is InChI=1S/C17H12Cl3N3O5S/c18-12-4-2-1-3-11(12)17-22-15(23-28-17)9-27-16(24)8-21-29(25,26)10-5-6-13(19)14(20)7-10/h1-7,21H,8-9H2. The molecule has 3 rings (SSSR count). The van der Waals surface area contributed by atoms with Crippen LogP contribution >= 0.6 is 34.8 Å². The number of halogens is 3. The average molecular weight is 477 g/mol. The lowest BCUT2D eigenvalue weighted by molar-refractivity contribution is -0.143. The molecule has 12 heteroatoms. The van der Waals surface area contributed by atoms with E-state index in [1.54, 1.807) is 24.3 Å². The van der Waals surface area contributed by atoms with Crippen LogP contribution in [0.3, 0.4) is 0 Å². The first-order valence-electron chi connectivity index (χ1n) is 7.94. The molecule has 152 valence electrons. The van der Waals surface area contributed by atoms with Crippen molar-refractivity contribution >= 4 is 50.8 Å². The largest absolute Gasteiger partial charge is 0.456 e. The number of carbonyl (C=O) groups excluding carboxylic acids is 1. The molecule has 8 nitrogen and oxygen atoms in total. The summed E-state index contributed by atoms with van der Waals surface area (Å²) >= 11 is 17.6. The Morgan fingerprint density at radius 2 is 1.83 bits per heavy atom. The third-order valence-corrected chi connectivity index (χ3v) is 6.01. The van der Waals surface area contributed by atoms with Gasteiger partial charge in [0.2, 0.25) is 15.8 Å². The van der Waals surface area contributed by atoms with Gasteiger partial charge in [-0.3, -0.25) is 4.79 Å². The highest BCUT2D eigenvalue weighted by atomic mass is 35.5. The van der Waals surface area contributed by atoms with Gasteiger partial charge in [0.15, 0.2) is 6.61 Å². The molecular formula is C17H12Cl3N3O5S. The van der Waals surface area contributed by atoms with E-state index in [1.807, 2.05) is 0 Å². The summed E-state index contributed by atoms with van der Waals surface area (Å²) < 4.78 is 36.5. The van der Waals surface area contributed by atoms with Crippen LogP contribution in [0.1, 0.15) is 5.82 Å². The van der Waals surface area contributed by atoms with Crippen LogP contribution in [0.5, 0.6) is 0 Å². The highest BCUT2D eigenvalue weighted by Crippen LogP contribution is 2.26. The second kappa shape index (κ2) is 9.10. The molecule has 2 aromatic carbocycles. The van der Waals surface area contributed by atoms with E-state index in [2.05, 4.69) is 14.9 Å². The summed E-state index contributed by atoms with van der Waals surface area (Å²) in [7, 11) is -3.97. The van der Waals surface area contributed by atoms with Gasteiger partial charge in [-0.25, -0.2) is 8.42 Å². The minimum atomic E-state index is -3.97. The van der Waals surface area contributed by atoms with E-state index < -0.39 is 22.5 Å². The van der Waals surface area contributed by atoms with Crippen molar-refractivity contribution in [2.75, 3.05) is 6.54 Å². The van der Waals surface area contributed by atoms with Crippen molar-refractivity contribution < 1.29 is 22.5 Å². The molecule has 0 atom stereocenters. The molecule has 1 N–H and O–H groups in total. The van der Waals surface area contributed by atoms with Crippen LogP contribution in [0.2, 0.25) is 15.1 Å². The molecule has 1 aromatic heterocycles. The number of ether oxygens (including phenoxy) is 1. The molecule has 0 radical (unpaired) electrons. The SMILES string of the molecule is O=C(CNS(=O)(=O)c1ccc(Cl)c(Cl)c1)OCc1noc(-c2ccccc2Cl)n1. The summed E-state index contributed by atoms with van der Waals surface area (Å²) in [4.78, 5) is 15.8. The van der Waals surface area contributed by atoms with Gasteiger partial charge in [-0.15, -0.1) is 0 Å². The Hall–Kier alpha value is -2.17. The number of hydrogen-bond donors (Lipinski definition) is 1. The summed E-state index contributed by atoms with van der Waals surface area (Å²) in [5.74, 6) is -0.569. The fourth-order valence-corrected chi connectivity index (χ4v) is 3.71. The zero-order valence-corrected chi connectivity index (χ0v) is 17.5. The van der Waals surface area contributed by atoms with Crippen LogP contribution in [0, 0.1) is 0 Å². The summed E-state index contributed by atoms with van der Waals surface area (Å²) in [6, 6.07) is 10.6. The van der Waals surface area contributed by atoms with Crippen LogP contribution in [-0.2, 0) is 26.2 Å². The maximum absolute atomic E-state index is 12.2. The fraction of sp³-hybridized carbons (Fsp3) is 0.118. The normalized spacial score (nSPS) is 11.4. The monoisotopic (exact) mass is 475 g/mol. The van der Waals surface area contributed by atoms with Crippen molar-refractivity contribution in [3.63, 3.8) is 0 Å². The van der Waals surface area contributed by atoms with Crippen molar-refractivity contribution in [2.45, 2.75) is 11.5 Å². The second-order valence-corrected chi connectivity index (χ2v) is 8.55. The van der Waals surface area contributed by atoms with E-state index in [-0.39, 0.29) is 33.3 Å². The van der Waals surface area contributed by atoms with E-state index in [0.29, 0.717) is 10.6 Å². The van der Waals surface area contributed by atoms with Gasteiger partial charge in [-0.05, 0) is 30.3 Å². The van der Waals surface area contributed by atoms with Gasteiger partial charge in [0.1, 0.15) is 6.54 Å². The second-order valence-electron chi connectivity index (χ2n) is 5.56. The summed E-state index contributed by atoms with van der Waals surface area (Å²) in [6.07, 6.45) is 0. The zero-order valence-electron chi connectivity index (χ0n) is 14.4. The Bertz CT molecular complexity index is 1150. The zero-order chi connectivity index (χ0) is 21.0. The highest BCUT2D eigenvalue weighted by Gasteiger charge is 2.18. The van der Waals surface area contributed by atoms with Crippen LogP contribution in [0.4, 0.5) is 0 Å².